The quantitative estimate of drug-likeness (QED) is 0.867. The van der Waals surface area contributed by atoms with Crippen LogP contribution in [0.2, 0.25) is 0 Å². The lowest BCUT2D eigenvalue weighted by atomic mass is 10.1. The van der Waals surface area contributed by atoms with Gasteiger partial charge >= 0.3 is 5.97 Å². The molecule has 2 aromatic rings. The molecule has 0 bridgehead atoms. The first kappa shape index (κ1) is 11.6. The van der Waals surface area contributed by atoms with Crippen LogP contribution in [0, 0.1) is 12.7 Å². The highest BCUT2D eigenvalue weighted by molar-refractivity contribution is 5.98. The van der Waals surface area contributed by atoms with Gasteiger partial charge in [0.25, 0.3) is 0 Å². The summed E-state index contributed by atoms with van der Waals surface area (Å²) in [4.78, 5) is 11.3. The fourth-order valence-corrected chi connectivity index (χ4v) is 2.26. The summed E-state index contributed by atoms with van der Waals surface area (Å²) in [5.41, 5.74) is 1.15. The van der Waals surface area contributed by atoms with E-state index < -0.39 is 5.97 Å². The molecule has 0 amide bonds. The van der Waals surface area contributed by atoms with Crippen LogP contribution >= 0.6 is 0 Å². The molecule has 0 fully saturated rings. The highest BCUT2D eigenvalue weighted by atomic mass is 19.1. The first-order chi connectivity index (χ1) is 7.95. The van der Waals surface area contributed by atoms with Gasteiger partial charge in [0.2, 0.25) is 0 Å². The van der Waals surface area contributed by atoms with Gasteiger partial charge < -0.3 is 9.67 Å². The molecule has 0 unspecified atom stereocenters. The van der Waals surface area contributed by atoms with E-state index in [1.165, 1.54) is 6.07 Å². The third-order valence-corrected chi connectivity index (χ3v) is 2.95. The van der Waals surface area contributed by atoms with Crippen molar-refractivity contribution in [2.45, 2.75) is 26.8 Å². The fraction of sp³-hybridized carbons (Fsp3) is 0.308. The summed E-state index contributed by atoms with van der Waals surface area (Å²) in [7, 11) is 0. The monoisotopic (exact) mass is 235 g/mol. The molecular formula is C13H14FNO2. The lowest BCUT2D eigenvalue weighted by Crippen LogP contribution is -2.12. The third-order valence-electron chi connectivity index (χ3n) is 2.95. The zero-order valence-electron chi connectivity index (χ0n) is 9.99. The molecule has 0 spiro atoms. The molecule has 0 aliphatic carbocycles. The van der Waals surface area contributed by atoms with E-state index in [0.717, 1.165) is 0 Å². The molecule has 0 atom stereocenters. The lowest BCUT2D eigenvalue weighted by molar-refractivity contribution is 0.0683. The number of fused-ring (bicyclic) bond motifs is 1. The van der Waals surface area contributed by atoms with Crippen molar-refractivity contribution in [3.8, 4) is 0 Å². The molecular weight excluding hydrogens is 221 g/mol. The first-order valence-electron chi connectivity index (χ1n) is 5.47. The molecule has 0 aliphatic rings. The summed E-state index contributed by atoms with van der Waals surface area (Å²) >= 11 is 0. The summed E-state index contributed by atoms with van der Waals surface area (Å²) in [6.07, 6.45) is 0. The molecule has 0 radical (unpaired) electrons. The van der Waals surface area contributed by atoms with E-state index in [0.29, 0.717) is 16.5 Å². The van der Waals surface area contributed by atoms with Crippen molar-refractivity contribution in [3.05, 3.63) is 35.3 Å². The van der Waals surface area contributed by atoms with E-state index in [1.54, 1.807) is 23.6 Å². The Kier molecular flexibility index (Phi) is 2.65. The van der Waals surface area contributed by atoms with Crippen LogP contribution in [0.1, 0.15) is 35.9 Å². The van der Waals surface area contributed by atoms with E-state index >= 15 is 0 Å². The molecule has 1 aromatic heterocycles. The predicted molar refractivity (Wildman–Crippen MR) is 64.0 cm³/mol. The molecule has 90 valence electrons. The van der Waals surface area contributed by atoms with Crippen LogP contribution in [0.25, 0.3) is 10.9 Å². The van der Waals surface area contributed by atoms with Crippen molar-refractivity contribution < 1.29 is 14.3 Å². The molecule has 2 rings (SSSR count). The number of halogens is 1. The lowest BCUT2D eigenvalue weighted by Gasteiger charge is -2.12. The molecule has 3 nitrogen and oxygen atoms in total. The number of aromatic carboxylic acids is 1. The summed E-state index contributed by atoms with van der Waals surface area (Å²) < 4.78 is 15.4. The Balaban J connectivity index is 2.99. The molecule has 4 heteroatoms. The van der Waals surface area contributed by atoms with Crippen molar-refractivity contribution in [3.63, 3.8) is 0 Å². The van der Waals surface area contributed by atoms with Crippen molar-refractivity contribution >= 4 is 16.9 Å². The standard InChI is InChI=1S/C13H14FNO2/c1-7(2)15-11(13(16)17)8(3)9-5-4-6-10(14)12(9)15/h4-7H,1-3H3,(H,16,17). The zero-order valence-corrected chi connectivity index (χ0v) is 9.99. The second kappa shape index (κ2) is 3.87. The average Bonchev–Trinajstić information content (AvgIpc) is 2.54. The number of nitrogens with zero attached hydrogens (tertiary/aromatic N) is 1. The van der Waals surface area contributed by atoms with Gasteiger partial charge in [0.1, 0.15) is 11.5 Å². The van der Waals surface area contributed by atoms with Crippen molar-refractivity contribution in [1.82, 2.24) is 4.57 Å². The Bertz CT molecular complexity index is 599. The van der Waals surface area contributed by atoms with E-state index in [4.69, 9.17) is 0 Å². The Morgan fingerprint density at radius 2 is 2.06 bits per heavy atom. The van der Waals surface area contributed by atoms with Gasteiger partial charge in [-0.3, -0.25) is 0 Å². The molecule has 1 heterocycles. The summed E-state index contributed by atoms with van der Waals surface area (Å²) in [5, 5.41) is 9.91. The minimum Gasteiger partial charge on any atom is -0.477 e. The topological polar surface area (TPSA) is 42.2 Å². The van der Waals surface area contributed by atoms with Crippen LogP contribution < -0.4 is 0 Å². The van der Waals surface area contributed by atoms with Crippen LogP contribution in [0.3, 0.4) is 0 Å². The predicted octanol–water partition coefficient (Wildman–Crippen LogP) is 3.37. The smallest absolute Gasteiger partial charge is 0.352 e. The number of carboxylic acid groups (broad SMARTS) is 1. The van der Waals surface area contributed by atoms with E-state index in [-0.39, 0.29) is 17.6 Å². The normalized spacial score (nSPS) is 11.4. The summed E-state index contributed by atoms with van der Waals surface area (Å²) in [6, 6.07) is 4.60. The van der Waals surface area contributed by atoms with Gasteiger partial charge in [-0.15, -0.1) is 0 Å². The van der Waals surface area contributed by atoms with Gasteiger partial charge in [0, 0.05) is 11.4 Å². The number of benzene rings is 1. The molecule has 1 aromatic carbocycles. The molecule has 1 N–H and O–H groups in total. The van der Waals surface area contributed by atoms with Crippen LogP contribution in [0.5, 0.6) is 0 Å². The maximum atomic E-state index is 13.9. The van der Waals surface area contributed by atoms with Crippen LogP contribution in [-0.2, 0) is 0 Å². The average molecular weight is 235 g/mol. The first-order valence-corrected chi connectivity index (χ1v) is 5.47. The summed E-state index contributed by atoms with van der Waals surface area (Å²) in [6.45, 7) is 5.40. The number of carboxylic acids is 1. The largest absolute Gasteiger partial charge is 0.477 e. The SMILES string of the molecule is Cc1c(C(=O)O)n(C(C)C)c2c(F)cccc12. The Morgan fingerprint density at radius 1 is 1.41 bits per heavy atom. The van der Waals surface area contributed by atoms with Gasteiger partial charge in [-0.1, -0.05) is 12.1 Å². The molecule has 0 aliphatic heterocycles. The highest BCUT2D eigenvalue weighted by Crippen LogP contribution is 2.30. The van der Waals surface area contributed by atoms with Crippen molar-refractivity contribution in [2.24, 2.45) is 0 Å². The van der Waals surface area contributed by atoms with E-state index in [9.17, 15) is 14.3 Å². The molecule has 0 saturated heterocycles. The maximum Gasteiger partial charge on any atom is 0.352 e. The Hall–Kier alpha value is -1.84. The fourth-order valence-electron chi connectivity index (χ4n) is 2.26. The number of hydrogen-bond acceptors (Lipinski definition) is 1. The van der Waals surface area contributed by atoms with Gasteiger partial charge in [0.15, 0.2) is 0 Å². The number of aromatic nitrogens is 1. The number of para-hydroxylation sites is 1. The minimum absolute atomic E-state index is 0.103. The van der Waals surface area contributed by atoms with Crippen molar-refractivity contribution in [2.75, 3.05) is 0 Å². The van der Waals surface area contributed by atoms with Gasteiger partial charge in [-0.05, 0) is 32.4 Å². The second-order valence-electron chi connectivity index (χ2n) is 4.38. The maximum absolute atomic E-state index is 13.9. The minimum atomic E-state index is -1.02. The van der Waals surface area contributed by atoms with Crippen molar-refractivity contribution in [1.29, 1.82) is 0 Å². The van der Waals surface area contributed by atoms with Crippen LogP contribution in [-0.4, -0.2) is 15.6 Å². The third kappa shape index (κ3) is 1.60. The number of rotatable bonds is 2. The zero-order chi connectivity index (χ0) is 12.7. The van der Waals surface area contributed by atoms with Gasteiger partial charge in [-0.2, -0.15) is 0 Å². The van der Waals surface area contributed by atoms with Crippen LogP contribution in [0.4, 0.5) is 4.39 Å². The Morgan fingerprint density at radius 3 is 2.59 bits per heavy atom. The van der Waals surface area contributed by atoms with E-state index in [1.807, 2.05) is 13.8 Å². The van der Waals surface area contributed by atoms with Crippen LogP contribution in [0.15, 0.2) is 18.2 Å². The number of carbonyl (C=O) groups is 1. The molecule has 0 saturated carbocycles. The summed E-state index contributed by atoms with van der Waals surface area (Å²) in [5.74, 6) is -1.40. The number of hydrogen-bond donors (Lipinski definition) is 1. The highest BCUT2D eigenvalue weighted by Gasteiger charge is 2.22. The van der Waals surface area contributed by atoms with E-state index in [2.05, 4.69) is 0 Å². The van der Waals surface area contributed by atoms with Gasteiger partial charge in [-0.25, -0.2) is 9.18 Å². The molecule has 17 heavy (non-hydrogen) atoms. The second-order valence-corrected chi connectivity index (χ2v) is 4.38. The number of aryl methyl sites for hydroxylation is 1. The van der Waals surface area contributed by atoms with Gasteiger partial charge in [0.05, 0.1) is 5.52 Å². The Labute approximate surface area is 98.5 Å².